The van der Waals surface area contributed by atoms with Gasteiger partial charge in [0.2, 0.25) is 0 Å². The Balaban J connectivity index is 1.89. The lowest BCUT2D eigenvalue weighted by molar-refractivity contribution is -0.145. The second-order valence-corrected chi connectivity index (χ2v) is 4.66. The molecule has 0 saturated heterocycles. The van der Waals surface area contributed by atoms with Gasteiger partial charge in [0.1, 0.15) is 11.5 Å². The summed E-state index contributed by atoms with van der Waals surface area (Å²) >= 11 is 0. The molecule has 1 heterocycles. The highest BCUT2D eigenvalue weighted by Gasteiger charge is 2.08. The fourth-order valence-electron chi connectivity index (χ4n) is 2.31. The van der Waals surface area contributed by atoms with Crippen LogP contribution in [0.2, 0.25) is 0 Å². The van der Waals surface area contributed by atoms with Crippen molar-refractivity contribution in [3.63, 3.8) is 0 Å². The minimum Gasteiger partial charge on any atom is -0.508 e. The molecule has 5 heteroatoms. The van der Waals surface area contributed by atoms with E-state index in [1.54, 1.807) is 19.1 Å². The second-order valence-electron chi connectivity index (χ2n) is 4.66. The van der Waals surface area contributed by atoms with E-state index in [2.05, 4.69) is 4.98 Å². The topological polar surface area (TPSA) is 71.5 Å². The van der Waals surface area contributed by atoms with Gasteiger partial charge < -0.3 is 19.6 Å². The van der Waals surface area contributed by atoms with Gasteiger partial charge >= 0.3 is 5.97 Å². The second kappa shape index (κ2) is 5.36. The van der Waals surface area contributed by atoms with Crippen molar-refractivity contribution in [3.05, 3.63) is 36.4 Å². The third-order valence-electron chi connectivity index (χ3n) is 3.22. The molecule has 0 bridgehead atoms. The summed E-state index contributed by atoms with van der Waals surface area (Å²) in [7, 11) is 0. The van der Waals surface area contributed by atoms with Gasteiger partial charge in [-0.2, -0.15) is 0 Å². The number of carbonyl (C=O) groups excluding carboxylic acids is 1. The first-order chi connectivity index (χ1) is 10.2. The Morgan fingerprint density at radius 3 is 2.62 bits per heavy atom. The van der Waals surface area contributed by atoms with Crippen molar-refractivity contribution in [2.24, 2.45) is 0 Å². The van der Waals surface area contributed by atoms with Gasteiger partial charge in [-0.15, -0.1) is 0 Å². The van der Waals surface area contributed by atoms with E-state index in [4.69, 9.17) is 9.47 Å². The van der Waals surface area contributed by atoms with Crippen molar-refractivity contribution >= 4 is 27.8 Å². The number of ether oxygens (including phenoxy) is 2. The van der Waals surface area contributed by atoms with Crippen LogP contribution in [0.15, 0.2) is 36.4 Å². The molecule has 3 rings (SSSR count). The summed E-state index contributed by atoms with van der Waals surface area (Å²) in [5, 5.41) is 11.6. The smallest absolute Gasteiger partial charge is 0.344 e. The molecular weight excluding hydrogens is 270 g/mol. The molecule has 0 spiro atoms. The zero-order chi connectivity index (χ0) is 14.8. The van der Waals surface area contributed by atoms with Crippen molar-refractivity contribution in [3.8, 4) is 11.5 Å². The molecule has 0 atom stereocenters. The number of aromatic nitrogens is 1. The first kappa shape index (κ1) is 13.3. The number of esters is 1. The standard InChI is InChI=1S/C16H15NO4/c1-2-20-16(19)9-21-11-4-6-13-12-5-3-10(18)7-14(12)17-15(13)8-11/h3-8,17-18H,2,9H2,1H3. The molecule has 0 aliphatic carbocycles. The molecule has 108 valence electrons. The molecule has 2 N–H and O–H groups in total. The Kier molecular flexibility index (Phi) is 3.39. The number of fused-ring (bicyclic) bond motifs is 3. The molecule has 1 aromatic heterocycles. The van der Waals surface area contributed by atoms with Gasteiger partial charge in [0.25, 0.3) is 0 Å². The third-order valence-corrected chi connectivity index (χ3v) is 3.22. The van der Waals surface area contributed by atoms with Gasteiger partial charge in [-0.1, -0.05) is 0 Å². The van der Waals surface area contributed by atoms with Crippen LogP contribution < -0.4 is 4.74 Å². The van der Waals surface area contributed by atoms with E-state index >= 15 is 0 Å². The number of aromatic amines is 1. The molecule has 5 nitrogen and oxygen atoms in total. The summed E-state index contributed by atoms with van der Waals surface area (Å²) in [6.07, 6.45) is 0. The number of hydrogen-bond donors (Lipinski definition) is 2. The predicted molar refractivity (Wildman–Crippen MR) is 79.6 cm³/mol. The van der Waals surface area contributed by atoms with Gasteiger partial charge in [-0.25, -0.2) is 4.79 Å². The zero-order valence-electron chi connectivity index (χ0n) is 11.6. The number of nitrogens with one attached hydrogen (secondary N) is 1. The lowest BCUT2D eigenvalue weighted by Gasteiger charge is -2.05. The molecule has 0 amide bonds. The Labute approximate surface area is 121 Å². The molecule has 3 aromatic rings. The zero-order valence-corrected chi connectivity index (χ0v) is 11.6. The van der Waals surface area contributed by atoms with Gasteiger partial charge in [0.05, 0.1) is 17.6 Å². The average Bonchev–Trinajstić information content (AvgIpc) is 2.81. The molecule has 2 aromatic carbocycles. The number of aromatic hydroxyl groups is 1. The Bertz CT molecular complexity index is 806. The number of hydrogen-bond acceptors (Lipinski definition) is 4. The number of H-pyrrole nitrogens is 1. The first-order valence-electron chi connectivity index (χ1n) is 6.70. The van der Waals surface area contributed by atoms with E-state index in [9.17, 15) is 9.90 Å². The van der Waals surface area contributed by atoms with Gasteiger partial charge in [0, 0.05) is 22.9 Å². The van der Waals surface area contributed by atoms with Crippen molar-refractivity contribution in [1.82, 2.24) is 4.98 Å². The number of phenols is 1. The van der Waals surface area contributed by atoms with E-state index in [-0.39, 0.29) is 18.3 Å². The summed E-state index contributed by atoms with van der Waals surface area (Å²) in [5.41, 5.74) is 1.74. The minimum absolute atomic E-state index is 0.111. The number of carbonyl (C=O) groups is 1. The molecule has 21 heavy (non-hydrogen) atoms. The van der Waals surface area contributed by atoms with Crippen molar-refractivity contribution in [2.75, 3.05) is 13.2 Å². The van der Waals surface area contributed by atoms with Crippen LogP contribution in [-0.2, 0) is 9.53 Å². The Hall–Kier alpha value is -2.69. The maximum atomic E-state index is 11.3. The predicted octanol–water partition coefficient (Wildman–Crippen LogP) is 2.97. The van der Waals surface area contributed by atoms with Gasteiger partial charge in [0.15, 0.2) is 6.61 Å². The highest BCUT2D eigenvalue weighted by molar-refractivity contribution is 6.07. The van der Waals surface area contributed by atoms with Crippen LogP contribution in [0.3, 0.4) is 0 Å². The molecule has 0 unspecified atom stereocenters. The maximum absolute atomic E-state index is 11.3. The number of benzene rings is 2. The molecule has 0 fully saturated rings. The van der Waals surface area contributed by atoms with E-state index < -0.39 is 0 Å². The highest BCUT2D eigenvalue weighted by atomic mass is 16.6. The van der Waals surface area contributed by atoms with Crippen LogP contribution in [0.25, 0.3) is 21.8 Å². The largest absolute Gasteiger partial charge is 0.508 e. The number of phenolic OH excluding ortho intramolecular Hbond substituents is 1. The molecule has 0 radical (unpaired) electrons. The van der Waals surface area contributed by atoms with Crippen LogP contribution in [0, 0.1) is 0 Å². The summed E-state index contributed by atoms with van der Waals surface area (Å²) in [5.74, 6) is 0.415. The lowest BCUT2D eigenvalue weighted by atomic mass is 10.1. The van der Waals surface area contributed by atoms with E-state index in [0.29, 0.717) is 12.4 Å². The Morgan fingerprint density at radius 1 is 1.14 bits per heavy atom. The molecule has 0 aliphatic rings. The van der Waals surface area contributed by atoms with Crippen LogP contribution in [0.5, 0.6) is 11.5 Å². The van der Waals surface area contributed by atoms with Crippen LogP contribution in [0.4, 0.5) is 0 Å². The molecular formula is C16H15NO4. The van der Waals surface area contributed by atoms with E-state index in [1.807, 2.05) is 24.3 Å². The normalized spacial score (nSPS) is 10.9. The summed E-state index contributed by atoms with van der Waals surface area (Å²) in [4.78, 5) is 14.5. The minimum atomic E-state index is -0.390. The van der Waals surface area contributed by atoms with Gasteiger partial charge in [-0.3, -0.25) is 0 Å². The lowest BCUT2D eigenvalue weighted by Crippen LogP contribution is -2.14. The van der Waals surface area contributed by atoms with E-state index in [0.717, 1.165) is 21.8 Å². The summed E-state index contributed by atoms with van der Waals surface area (Å²) in [6, 6.07) is 10.7. The summed E-state index contributed by atoms with van der Waals surface area (Å²) in [6.45, 7) is 1.98. The van der Waals surface area contributed by atoms with Crippen LogP contribution in [-0.4, -0.2) is 29.3 Å². The molecule has 0 aliphatic heterocycles. The van der Waals surface area contributed by atoms with Crippen molar-refractivity contribution in [2.45, 2.75) is 6.92 Å². The third kappa shape index (κ3) is 2.63. The maximum Gasteiger partial charge on any atom is 0.344 e. The first-order valence-corrected chi connectivity index (χ1v) is 6.70. The van der Waals surface area contributed by atoms with E-state index in [1.165, 1.54) is 0 Å². The molecule has 0 saturated carbocycles. The number of rotatable bonds is 4. The van der Waals surface area contributed by atoms with Gasteiger partial charge in [-0.05, 0) is 31.2 Å². The average molecular weight is 285 g/mol. The summed E-state index contributed by atoms with van der Waals surface area (Å²) < 4.78 is 10.2. The van der Waals surface area contributed by atoms with Crippen molar-refractivity contribution < 1.29 is 19.4 Å². The monoisotopic (exact) mass is 285 g/mol. The van der Waals surface area contributed by atoms with Crippen LogP contribution >= 0.6 is 0 Å². The SMILES string of the molecule is CCOC(=O)COc1ccc2c(c1)[nH]c1cc(O)ccc12. The fraction of sp³-hybridized carbons (Fsp3) is 0.188. The van der Waals surface area contributed by atoms with Crippen molar-refractivity contribution in [1.29, 1.82) is 0 Å². The fourth-order valence-corrected chi connectivity index (χ4v) is 2.31. The Morgan fingerprint density at radius 2 is 1.86 bits per heavy atom. The highest BCUT2D eigenvalue weighted by Crippen LogP contribution is 2.30. The van der Waals surface area contributed by atoms with Crippen LogP contribution in [0.1, 0.15) is 6.92 Å². The quantitative estimate of drug-likeness (QED) is 0.723.